The van der Waals surface area contributed by atoms with Gasteiger partial charge in [-0.2, -0.15) is 0 Å². The lowest BCUT2D eigenvalue weighted by atomic mass is 10.0. The topological polar surface area (TPSA) is 72.0 Å². The molecule has 1 unspecified atom stereocenters. The van der Waals surface area contributed by atoms with Crippen molar-refractivity contribution in [2.75, 3.05) is 6.54 Å². The van der Waals surface area contributed by atoms with Crippen LogP contribution < -0.4 is 5.73 Å². The number of hydrogen-bond donors (Lipinski definition) is 2. The van der Waals surface area contributed by atoms with Crippen molar-refractivity contribution in [2.45, 2.75) is 26.9 Å². The van der Waals surface area contributed by atoms with Gasteiger partial charge in [-0.15, -0.1) is 0 Å². The third kappa shape index (κ3) is 2.97. The average molecular weight is 257 g/mol. The van der Waals surface area contributed by atoms with Crippen molar-refractivity contribution in [1.29, 1.82) is 0 Å². The van der Waals surface area contributed by atoms with E-state index >= 15 is 0 Å². The summed E-state index contributed by atoms with van der Waals surface area (Å²) >= 11 is 0. The van der Waals surface area contributed by atoms with E-state index in [1.54, 1.807) is 0 Å². The summed E-state index contributed by atoms with van der Waals surface area (Å²) in [6.45, 7) is 6.11. The SMILES string of the molecule is Cc1ccc(C)c(-c2cc(C)nc(C(O)CN)n2)c1. The van der Waals surface area contributed by atoms with Crippen LogP contribution in [0.15, 0.2) is 24.3 Å². The molecule has 4 nitrogen and oxygen atoms in total. The molecule has 100 valence electrons. The highest BCUT2D eigenvalue weighted by molar-refractivity contribution is 5.64. The Kier molecular flexibility index (Phi) is 3.93. The normalized spacial score (nSPS) is 12.5. The number of aliphatic hydroxyl groups is 1. The van der Waals surface area contributed by atoms with Crippen LogP contribution in [0.25, 0.3) is 11.3 Å². The fraction of sp³-hybridized carbons (Fsp3) is 0.333. The van der Waals surface area contributed by atoms with Crippen molar-refractivity contribution in [2.24, 2.45) is 5.73 Å². The highest BCUT2D eigenvalue weighted by Gasteiger charge is 2.12. The Morgan fingerprint density at radius 2 is 1.89 bits per heavy atom. The smallest absolute Gasteiger partial charge is 0.159 e. The molecule has 2 aromatic rings. The Balaban J connectivity index is 2.56. The predicted molar refractivity (Wildman–Crippen MR) is 75.7 cm³/mol. The van der Waals surface area contributed by atoms with Crippen LogP contribution in [0.2, 0.25) is 0 Å². The molecule has 0 aliphatic carbocycles. The highest BCUT2D eigenvalue weighted by atomic mass is 16.3. The van der Waals surface area contributed by atoms with Gasteiger partial charge in [0.2, 0.25) is 0 Å². The summed E-state index contributed by atoms with van der Waals surface area (Å²) in [5.74, 6) is 0.387. The van der Waals surface area contributed by atoms with E-state index in [1.165, 1.54) is 5.56 Å². The van der Waals surface area contributed by atoms with E-state index in [9.17, 15) is 5.11 Å². The number of benzene rings is 1. The quantitative estimate of drug-likeness (QED) is 0.882. The molecule has 0 saturated carbocycles. The number of aromatic nitrogens is 2. The van der Waals surface area contributed by atoms with Gasteiger partial charge in [-0.1, -0.05) is 17.7 Å². The van der Waals surface area contributed by atoms with Gasteiger partial charge < -0.3 is 10.8 Å². The van der Waals surface area contributed by atoms with Crippen LogP contribution >= 0.6 is 0 Å². The number of aliphatic hydroxyl groups excluding tert-OH is 1. The maximum atomic E-state index is 9.80. The average Bonchev–Trinajstić information content (AvgIpc) is 2.39. The summed E-state index contributed by atoms with van der Waals surface area (Å²) < 4.78 is 0. The summed E-state index contributed by atoms with van der Waals surface area (Å²) in [5, 5.41) is 9.80. The molecule has 0 aliphatic rings. The summed E-state index contributed by atoms with van der Waals surface area (Å²) in [5.41, 5.74) is 10.5. The first-order valence-electron chi connectivity index (χ1n) is 6.32. The lowest BCUT2D eigenvalue weighted by Gasteiger charge is -2.12. The minimum Gasteiger partial charge on any atom is -0.384 e. The van der Waals surface area contributed by atoms with E-state index in [2.05, 4.69) is 28.2 Å². The van der Waals surface area contributed by atoms with Gasteiger partial charge in [0.25, 0.3) is 0 Å². The largest absolute Gasteiger partial charge is 0.384 e. The van der Waals surface area contributed by atoms with Crippen LogP contribution in [0, 0.1) is 20.8 Å². The maximum Gasteiger partial charge on any atom is 0.159 e. The van der Waals surface area contributed by atoms with Crippen molar-refractivity contribution >= 4 is 0 Å². The molecule has 4 heteroatoms. The van der Waals surface area contributed by atoms with E-state index < -0.39 is 6.10 Å². The maximum absolute atomic E-state index is 9.80. The Labute approximate surface area is 113 Å². The van der Waals surface area contributed by atoms with E-state index in [0.717, 1.165) is 22.5 Å². The van der Waals surface area contributed by atoms with E-state index in [1.807, 2.05) is 26.8 Å². The molecule has 2 rings (SSSR count). The van der Waals surface area contributed by atoms with Gasteiger partial charge in [0, 0.05) is 17.8 Å². The van der Waals surface area contributed by atoms with Crippen LogP contribution in [0.5, 0.6) is 0 Å². The van der Waals surface area contributed by atoms with Crippen molar-refractivity contribution in [3.8, 4) is 11.3 Å². The molecule has 0 bridgehead atoms. The first-order chi connectivity index (χ1) is 9.01. The van der Waals surface area contributed by atoms with Crippen LogP contribution in [-0.2, 0) is 0 Å². The van der Waals surface area contributed by atoms with Crippen molar-refractivity contribution < 1.29 is 5.11 Å². The zero-order valence-corrected chi connectivity index (χ0v) is 11.5. The van der Waals surface area contributed by atoms with Crippen LogP contribution in [-0.4, -0.2) is 21.6 Å². The molecule has 19 heavy (non-hydrogen) atoms. The second-order valence-corrected chi connectivity index (χ2v) is 4.82. The number of nitrogens with two attached hydrogens (primary N) is 1. The van der Waals surface area contributed by atoms with E-state index in [-0.39, 0.29) is 6.54 Å². The Morgan fingerprint density at radius 3 is 2.58 bits per heavy atom. The zero-order valence-electron chi connectivity index (χ0n) is 11.5. The Hall–Kier alpha value is -1.78. The second kappa shape index (κ2) is 5.47. The molecule has 0 spiro atoms. The number of nitrogens with zero attached hydrogens (tertiary/aromatic N) is 2. The van der Waals surface area contributed by atoms with Crippen molar-refractivity contribution in [3.63, 3.8) is 0 Å². The Bertz CT molecular complexity index is 596. The third-order valence-electron chi connectivity index (χ3n) is 3.06. The summed E-state index contributed by atoms with van der Waals surface area (Å²) in [6, 6.07) is 8.16. The molecule has 1 aromatic heterocycles. The number of rotatable bonds is 3. The number of hydrogen-bond acceptors (Lipinski definition) is 4. The molecule has 0 saturated heterocycles. The summed E-state index contributed by atoms with van der Waals surface area (Å²) in [7, 11) is 0. The molecule has 0 aliphatic heterocycles. The molecule has 0 fully saturated rings. The van der Waals surface area contributed by atoms with Gasteiger partial charge in [-0.25, -0.2) is 9.97 Å². The molecular formula is C15H19N3O. The third-order valence-corrected chi connectivity index (χ3v) is 3.06. The second-order valence-electron chi connectivity index (χ2n) is 4.82. The van der Waals surface area contributed by atoms with Gasteiger partial charge in [0.1, 0.15) is 6.10 Å². The van der Waals surface area contributed by atoms with Crippen LogP contribution in [0.3, 0.4) is 0 Å². The lowest BCUT2D eigenvalue weighted by molar-refractivity contribution is 0.176. The van der Waals surface area contributed by atoms with Gasteiger partial charge in [-0.3, -0.25) is 0 Å². The minimum absolute atomic E-state index is 0.121. The molecular weight excluding hydrogens is 238 g/mol. The monoisotopic (exact) mass is 257 g/mol. The van der Waals surface area contributed by atoms with Gasteiger partial charge in [0.15, 0.2) is 5.82 Å². The molecule has 0 radical (unpaired) electrons. The van der Waals surface area contributed by atoms with Gasteiger partial charge in [0.05, 0.1) is 5.69 Å². The van der Waals surface area contributed by atoms with Crippen LogP contribution in [0.1, 0.15) is 28.7 Å². The lowest BCUT2D eigenvalue weighted by Crippen LogP contribution is -2.15. The summed E-state index contributed by atoms with van der Waals surface area (Å²) in [6.07, 6.45) is -0.816. The van der Waals surface area contributed by atoms with Gasteiger partial charge in [-0.05, 0) is 38.5 Å². The fourth-order valence-corrected chi connectivity index (χ4v) is 2.00. The van der Waals surface area contributed by atoms with Crippen molar-refractivity contribution in [3.05, 3.63) is 46.9 Å². The standard InChI is InChI=1S/C15H19N3O/c1-9-4-5-10(2)12(6-9)13-7-11(3)17-15(18-13)14(19)8-16/h4-7,14,19H,8,16H2,1-3H3. The van der Waals surface area contributed by atoms with E-state index in [4.69, 9.17) is 5.73 Å². The van der Waals surface area contributed by atoms with E-state index in [0.29, 0.717) is 5.82 Å². The minimum atomic E-state index is -0.816. The fourth-order valence-electron chi connectivity index (χ4n) is 2.00. The highest BCUT2D eigenvalue weighted by Crippen LogP contribution is 2.24. The molecule has 1 aromatic carbocycles. The predicted octanol–water partition coefficient (Wildman–Crippen LogP) is 2.06. The first kappa shape index (κ1) is 13.6. The molecule has 1 heterocycles. The number of aryl methyl sites for hydroxylation is 3. The molecule has 0 amide bonds. The van der Waals surface area contributed by atoms with Crippen molar-refractivity contribution in [1.82, 2.24) is 9.97 Å². The summed E-state index contributed by atoms with van der Waals surface area (Å²) in [4.78, 5) is 8.68. The Morgan fingerprint density at radius 1 is 1.16 bits per heavy atom. The molecule has 3 N–H and O–H groups in total. The first-order valence-corrected chi connectivity index (χ1v) is 6.32. The zero-order chi connectivity index (χ0) is 14.0. The van der Waals surface area contributed by atoms with Gasteiger partial charge >= 0.3 is 0 Å². The van der Waals surface area contributed by atoms with Crippen LogP contribution in [0.4, 0.5) is 0 Å². The molecule has 1 atom stereocenters.